The van der Waals surface area contributed by atoms with Crippen LogP contribution in [0.5, 0.6) is 0 Å². The van der Waals surface area contributed by atoms with Gasteiger partial charge in [-0.15, -0.1) is 0 Å². The monoisotopic (exact) mass is 255 g/mol. The van der Waals surface area contributed by atoms with Gasteiger partial charge in [0.15, 0.2) is 0 Å². The van der Waals surface area contributed by atoms with Crippen molar-refractivity contribution in [2.75, 3.05) is 32.8 Å². The van der Waals surface area contributed by atoms with Crippen molar-refractivity contribution < 1.29 is 4.74 Å². The molecule has 1 rings (SSSR count). The third kappa shape index (κ3) is 5.53. The maximum Gasteiger partial charge on any atom is 0.0593 e. The lowest BCUT2D eigenvalue weighted by Crippen LogP contribution is -2.27. The third-order valence-electron chi connectivity index (χ3n) is 2.92. The molecule has 0 saturated carbocycles. The topological polar surface area (TPSA) is 12.5 Å². The molecule has 0 aliphatic carbocycles. The highest BCUT2D eigenvalue weighted by molar-refractivity contribution is 6.31. The molecule has 0 heterocycles. The minimum atomic E-state index is 0.741. The molecule has 17 heavy (non-hydrogen) atoms. The smallest absolute Gasteiger partial charge is 0.0593 e. The van der Waals surface area contributed by atoms with Crippen LogP contribution in [0.3, 0.4) is 0 Å². The Labute approximate surface area is 110 Å². The summed E-state index contributed by atoms with van der Waals surface area (Å²) >= 11 is 6.07. The van der Waals surface area contributed by atoms with Crippen LogP contribution in [0.1, 0.15) is 19.4 Å². The summed E-state index contributed by atoms with van der Waals surface area (Å²) in [7, 11) is 0. The first kappa shape index (κ1) is 14.5. The molecule has 0 unspecified atom stereocenters. The second kappa shape index (κ2) is 8.51. The normalized spacial score (nSPS) is 11.1. The Balaban J connectivity index is 2.14. The van der Waals surface area contributed by atoms with Gasteiger partial charge in [0.05, 0.1) is 13.2 Å². The lowest BCUT2D eigenvalue weighted by molar-refractivity contribution is 0.109. The van der Waals surface area contributed by atoms with Crippen molar-refractivity contribution in [3.05, 3.63) is 34.9 Å². The summed E-state index contributed by atoms with van der Waals surface area (Å²) in [6.45, 7) is 9.07. The summed E-state index contributed by atoms with van der Waals surface area (Å²) in [5, 5.41) is 0.833. The van der Waals surface area contributed by atoms with Crippen LogP contribution < -0.4 is 0 Å². The number of nitrogens with zero attached hydrogens (tertiary/aromatic N) is 1. The van der Waals surface area contributed by atoms with Gasteiger partial charge in [0, 0.05) is 11.6 Å². The average Bonchev–Trinajstić information content (AvgIpc) is 2.36. The highest BCUT2D eigenvalue weighted by Crippen LogP contribution is 2.15. The van der Waals surface area contributed by atoms with Gasteiger partial charge in [-0.05, 0) is 31.1 Å². The number of rotatable bonds is 8. The van der Waals surface area contributed by atoms with E-state index in [1.165, 1.54) is 0 Å². The van der Waals surface area contributed by atoms with Crippen molar-refractivity contribution in [1.29, 1.82) is 0 Å². The van der Waals surface area contributed by atoms with E-state index in [2.05, 4.69) is 24.8 Å². The molecule has 96 valence electrons. The van der Waals surface area contributed by atoms with Crippen molar-refractivity contribution in [1.82, 2.24) is 4.90 Å². The molecular formula is C14H22ClNO. The van der Waals surface area contributed by atoms with Gasteiger partial charge in [0.1, 0.15) is 0 Å². The van der Waals surface area contributed by atoms with E-state index < -0.39 is 0 Å². The molecule has 0 atom stereocenters. The molecule has 0 fully saturated rings. The second-order valence-corrected chi connectivity index (χ2v) is 4.39. The highest BCUT2D eigenvalue weighted by Gasteiger charge is 2.00. The Morgan fingerprint density at radius 2 is 1.82 bits per heavy atom. The molecule has 0 radical (unpaired) electrons. The predicted molar refractivity (Wildman–Crippen MR) is 73.8 cm³/mol. The van der Waals surface area contributed by atoms with E-state index in [4.69, 9.17) is 16.3 Å². The fourth-order valence-electron chi connectivity index (χ4n) is 1.72. The van der Waals surface area contributed by atoms with E-state index in [9.17, 15) is 0 Å². The molecule has 0 saturated heterocycles. The van der Waals surface area contributed by atoms with Gasteiger partial charge in [0.25, 0.3) is 0 Å². The molecule has 0 aromatic heterocycles. The molecule has 2 nitrogen and oxygen atoms in total. The van der Waals surface area contributed by atoms with E-state index in [0.717, 1.165) is 49.9 Å². The van der Waals surface area contributed by atoms with Crippen LogP contribution in [0.15, 0.2) is 24.3 Å². The van der Waals surface area contributed by atoms with Crippen LogP contribution in [-0.2, 0) is 11.2 Å². The van der Waals surface area contributed by atoms with Crippen molar-refractivity contribution in [2.45, 2.75) is 20.3 Å². The molecule has 0 bridgehead atoms. The quantitative estimate of drug-likeness (QED) is 0.662. The van der Waals surface area contributed by atoms with Crippen LogP contribution in [-0.4, -0.2) is 37.7 Å². The van der Waals surface area contributed by atoms with Crippen LogP contribution in [0.25, 0.3) is 0 Å². The summed E-state index contributed by atoms with van der Waals surface area (Å²) in [6.07, 6.45) is 0.887. The zero-order valence-electron chi connectivity index (χ0n) is 10.8. The van der Waals surface area contributed by atoms with Gasteiger partial charge < -0.3 is 9.64 Å². The summed E-state index contributed by atoms with van der Waals surface area (Å²) < 4.78 is 5.63. The Hall–Kier alpha value is -0.570. The lowest BCUT2D eigenvalue weighted by Gasteiger charge is -2.17. The minimum Gasteiger partial charge on any atom is -0.380 e. The van der Waals surface area contributed by atoms with Crippen molar-refractivity contribution in [3.63, 3.8) is 0 Å². The average molecular weight is 256 g/mol. The Bertz CT molecular complexity index is 313. The number of hydrogen-bond acceptors (Lipinski definition) is 2. The van der Waals surface area contributed by atoms with Gasteiger partial charge in [-0.3, -0.25) is 0 Å². The number of benzene rings is 1. The van der Waals surface area contributed by atoms with Gasteiger partial charge in [0.2, 0.25) is 0 Å². The molecule has 0 N–H and O–H groups in total. The maximum absolute atomic E-state index is 6.07. The summed E-state index contributed by atoms with van der Waals surface area (Å²) in [6, 6.07) is 7.94. The summed E-state index contributed by atoms with van der Waals surface area (Å²) in [5.41, 5.74) is 1.16. The second-order valence-electron chi connectivity index (χ2n) is 3.98. The maximum atomic E-state index is 6.07. The minimum absolute atomic E-state index is 0.741. The zero-order valence-corrected chi connectivity index (χ0v) is 11.5. The van der Waals surface area contributed by atoms with Gasteiger partial charge >= 0.3 is 0 Å². The molecule has 1 aromatic carbocycles. The highest BCUT2D eigenvalue weighted by atomic mass is 35.5. The van der Waals surface area contributed by atoms with E-state index >= 15 is 0 Å². The number of hydrogen-bond donors (Lipinski definition) is 0. The largest absolute Gasteiger partial charge is 0.380 e. The molecule has 1 aromatic rings. The van der Waals surface area contributed by atoms with Crippen molar-refractivity contribution in [2.24, 2.45) is 0 Å². The van der Waals surface area contributed by atoms with Gasteiger partial charge in [-0.2, -0.15) is 0 Å². The van der Waals surface area contributed by atoms with Crippen LogP contribution in [0.4, 0.5) is 0 Å². The Morgan fingerprint density at radius 3 is 2.47 bits per heavy atom. The summed E-state index contributed by atoms with van der Waals surface area (Å²) in [5.74, 6) is 0. The first-order valence-electron chi connectivity index (χ1n) is 6.31. The standard InChI is InChI=1S/C14H22ClNO/c1-3-16(4-2)10-12-17-11-9-13-7-5-6-8-14(13)15/h5-8H,3-4,9-12H2,1-2H3. The van der Waals surface area contributed by atoms with E-state index in [1.807, 2.05) is 18.2 Å². The zero-order chi connectivity index (χ0) is 12.5. The number of halogens is 1. The first-order chi connectivity index (χ1) is 8.27. The first-order valence-corrected chi connectivity index (χ1v) is 6.69. The fourth-order valence-corrected chi connectivity index (χ4v) is 1.95. The summed E-state index contributed by atoms with van der Waals surface area (Å²) in [4.78, 5) is 2.36. The predicted octanol–water partition coefficient (Wildman–Crippen LogP) is 3.24. The van der Waals surface area contributed by atoms with E-state index in [-0.39, 0.29) is 0 Å². The van der Waals surface area contributed by atoms with Crippen LogP contribution >= 0.6 is 11.6 Å². The third-order valence-corrected chi connectivity index (χ3v) is 3.29. The molecule has 0 aliphatic heterocycles. The van der Waals surface area contributed by atoms with Crippen LogP contribution in [0.2, 0.25) is 5.02 Å². The lowest BCUT2D eigenvalue weighted by atomic mass is 10.2. The van der Waals surface area contributed by atoms with E-state index in [0.29, 0.717) is 0 Å². The van der Waals surface area contributed by atoms with Gasteiger partial charge in [-0.25, -0.2) is 0 Å². The molecule has 0 aliphatic rings. The fraction of sp³-hybridized carbons (Fsp3) is 0.571. The molecule has 3 heteroatoms. The van der Waals surface area contributed by atoms with Crippen LogP contribution in [0, 0.1) is 0 Å². The number of likely N-dealkylation sites (N-methyl/N-ethyl adjacent to an activating group) is 1. The van der Waals surface area contributed by atoms with E-state index in [1.54, 1.807) is 0 Å². The Morgan fingerprint density at radius 1 is 1.12 bits per heavy atom. The van der Waals surface area contributed by atoms with Crippen molar-refractivity contribution >= 4 is 11.6 Å². The number of ether oxygens (including phenoxy) is 1. The SMILES string of the molecule is CCN(CC)CCOCCc1ccccc1Cl. The van der Waals surface area contributed by atoms with Gasteiger partial charge in [-0.1, -0.05) is 43.6 Å². The Kier molecular flexibility index (Phi) is 7.25. The molecular weight excluding hydrogens is 234 g/mol. The molecule has 0 spiro atoms. The molecule has 0 amide bonds. The van der Waals surface area contributed by atoms with Crippen molar-refractivity contribution in [3.8, 4) is 0 Å².